The van der Waals surface area contributed by atoms with Crippen LogP contribution in [0.3, 0.4) is 0 Å². The molecule has 0 aliphatic heterocycles. The summed E-state index contributed by atoms with van der Waals surface area (Å²) >= 11 is 0. The van der Waals surface area contributed by atoms with Gasteiger partial charge in [-0.05, 0) is 73.9 Å². The number of nitro groups is 1. The Morgan fingerprint density at radius 2 is 1.61 bits per heavy atom. The molecule has 8 nitrogen and oxygen atoms in total. The van der Waals surface area contributed by atoms with Crippen molar-refractivity contribution >= 4 is 39.1 Å². The Balaban J connectivity index is 1.76. The van der Waals surface area contributed by atoms with E-state index in [4.69, 9.17) is 0 Å². The SMILES string of the molecule is Cc1ccc(NS(=O)(=O)c2ccc(C)c(NC(=O)/C=C/c3ccc([N+](=O)[O-])cc3)c2)c(C)c1. The largest absolute Gasteiger partial charge is 0.322 e. The molecule has 33 heavy (non-hydrogen) atoms. The summed E-state index contributed by atoms with van der Waals surface area (Å²) in [6, 6.07) is 15.7. The molecule has 0 aromatic heterocycles. The molecule has 170 valence electrons. The molecule has 2 N–H and O–H groups in total. The minimum absolute atomic E-state index is 0.0164. The number of nitrogens with zero attached hydrogens (tertiary/aromatic N) is 1. The van der Waals surface area contributed by atoms with Gasteiger partial charge in [0.25, 0.3) is 15.7 Å². The molecule has 0 aliphatic carbocycles. The quantitative estimate of drug-likeness (QED) is 0.290. The summed E-state index contributed by atoms with van der Waals surface area (Å²) in [5, 5.41) is 13.4. The van der Waals surface area contributed by atoms with Gasteiger partial charge in [0.1, 0.15) is 0 Å². The van der Waals surface area contributed by atoms with Gasteiger partial charge in [0.2, 0.25) is 5.91 Å². The van der Waals surface area contributed by atoms with Gasteiger partial charge in [-0.2, -0.15) is 0 Å². The second-order valence-corrected chi connectivity index (χ2v) is 9.25. The average Bonchev–Trinajstić information content (AvgIpc) is 2.76. The highest BCUT2D eigenvalue weighted by molar-refractivity contribution is 7.92. The van der Waals surface area contributed by atoms with Crippen LogP contribution in [-0.4, -0.2) is 19.2 Å². The first-order chi connectivity index (χ1) is 15.5. The number of nitrogens with one attached hydrogen (secondary N) is 2. The normalized spacial score (nSPS) is 11.4. The van der Waals surface area contributed by atoms with E-state index in [2.05, 4.69) is 10.0 Å². The van der Waals surface area contributed by atoms with Gasteiger partial charge in [-0.3, -0.25) is 19.6 Å². The molecule has 1 amide bonds. The topological polar surface area (TPSA) is 118 Å². The number of nitro benzene ring substituents is 1. The van der Waals surface area contributed by atoms with E-state index in [-0.39, 0.29) is 10.6 Å². The van der Waals surface area contributed by atoms with Crippen molar-refractivity contribution in [2.24, 2.45) is 0 Å². The first kappa shape index (κ1) is 23.7. The minimum Gasteiger partial charge on any atom is -0.322 e. The van der Waals surface area contributed by atoms with Crippen molar-refractivity contribution in [2.45, 2.75) is 25.7 Å². The lowest BCUT2D eigenvalue weighted by atomic mass is 10.1. The second kappa shape index (κ2) is 9.66. The zero-order chi connectivity index (χ0) is 24.2. The molecule has 0 bridgehead atoms. The number of carbonyl (C=O) groups is 1. The maximum absolute atomic E-state index is 12.9. The highest BCUT2D eigenvalue weighted by Crippen LogP contribution is 2.24. The van der Waals surface area contributed by atoms with Crippen LogP contribution in [0.25, 0.3) is 6.08 Å². The highest BCUT2D eigenvalue weighted by atomic mass is 32.2. The molecule has 3 aromatic rings. The molecule has 0 heterocycles. The van der Waals surface area contributed by atoms with Gasteiger partial charge in [0.15, 0.2) is 0 Å². The van der Waals surface area contributed by atoms with Crippen LogP contribution in [0.4, 0.5) is 17.1 Å². The molecule has 3 rings (SSSR count). The summed E-state index contributed by atoms with van der Waals surface area (Å²) in [7, 11) is -3.86. The maximum atomic E-state index is 12.9. The zero-order valence-electron chi connectivity index (χ0n) is 18.3. The number of sulfonamides is 1. The number of benzene rings is 3. The van der Waals surface area contributed by atoms with Crippen molar-refractivity contribution in [3.63, 3.8) is 0 Å². The summed E-state index contributed by atoms with van der Waals surface area (Å²) in [5.41, 5.74) is 3.93. The van der Waals surface area contributed by atoms with E-state index in [0.717, 1.165) is 11.1 Å². The standard InChI is InChI=1S/C24H23N3O5S/c1-16-4-12-22(18(3)14-16)26-33(31,32)21-11-5-17(2)23(15-21)25-24(28)13-8-19-6-9-20(10-7-19)27(29)30/h4-15,26H,1-3H3,(H,25,28)/b13-8+. The van der Waals surface area contributed by atoms with Crippen molar-refractivity contribution in [1.82, 2.24) is 0 Å². The maximum Gasteiger partial charge on any atom is 0.269 e. The molecule has 0 spiro atoms. The van der Waals surface area contributed by atoms with Crippen LogP contribution < -0.4 is 10.0 Å². The van der Waals surface area contributed by atoms with E-state index >= 15 is 0 Å². The molecule has 3 aromatic carbocycles. The van der Waals surface area contributed by atoms with Gasteiger partial charge in [0.05, 0.1) is 15.5 Å². The zero-order valence-corrected chi connectivity index (χ0v) is 19.1. The van der Waals surface area contributed by atoms with Crippen LogP contribution in [-0.2, 0) is 14.8 Å². The van der Waals surface area contributed by atoms with Gasteiger partial charge < -0.3 is 5.32 Å². The second-order valence-electron chi connectivity index (χ2n) is 7.57. The fourth-order valence-corrected chi connectivity index (χ4v) is 4.24. The summed E-state index contributed by atoms with van der Waals surface area (Å²) in [6.07, 6.45) is 2.78. The third-order valence-electron chi connectivity index (χ3n) is 4.93. The molecule has 0 fully saturated rings. The lowest BCUT2D eigenvalue weighted by Gasteiger charge is -2.13. The first-order valence-corrected chi connectivity index (χ1v) is 11.5. The van der Waals surface area contributed by atoms with Crippen LogP contribution in [0.5, 0.6) is 0 Å². The number of non-ortho nitro benzene ring substituents is 1. The molecule has 0 saturated carbocycles. The third kappa shape index (κ3) is 6.05. The molecule has 0 aliphatic rings. The minimum atomic E-state index is -3.86. The summed E-state index contributed by atoms with van der Waals surface area (Å²) in [4.78, 5) is 22.6. The van der Waals surface area contributed by atoms with E-state index in [9.17, 15) is 23.3 Å². The van der Waals surface area contributed by atoms with Crippen LogP contribution in [0.2, 0.25) is 0 Å². The number of rotatable bonds is 7. The highest BCUT2D eigenvalue weighted by Gasteiger charge is 2.17. The van der Waals surface area contributed by atoms with Crippen molar-refractivity contribution in [2.75, 3.05) is 10.0 Å². The Kier molecular flexibility index (Phi) is 6.93. The van der Waals surface area contributed by atoms with Crippen LogP contribution in [0, 0.1) is 30.9 Å². The van der Waals surface area contributed by atoms with Gasteiger partial charge in [0, 0.05) is 23.9 Å². The lowest BCUT2D eigenvalue weighted by Crippen LogP contribution is -2.15. The fraction of sp³-hybridized carbons (Fsp3) is 0.125. The van der Waals surface area contributed by atoms with E-state index in [1.807, 2.05) is 26.0 Å². The number of aryl methyl sites for hydroxylation is 3. The Bertz CT molecular complexity index is 1350. The van der Waals surface area contributed by atoms with Gasteiger partial charge in [-0.25, -0.2) is 8.42 Å². The predicted octanol–water partition coefficient (Wildman–Crippen LogP) is 4.97. The van der Waals surface area contributed by atoms with Gasteiger partial charge in [-0.1, -0.05) is 23.8 Å². The van der Waals surface area contributed by atoms with Crippen LogP contribution in [0.15, 0.2) is 71.6 Å². The van der Waals surface area contributed by atoms with Crippen molar-refractivity contribution in [3.05, 3.63) is 99.1 Å². The van der Waals surface area contributed by atoms with Crippen LogP contribution >= 0.6 is 0 Å². The fourth-order valence-electron chi connectivity index (χ4n) is 3.09. The van der Waals surface area contributed by atoms with E-state index in [1.165, 1.54) is 48.6 Å². The Hall–Kier alpha value is -3.98. The molecule has 0 saturated heterocycles. The van der Waals surface area contributed by atoms with Crippen molar-refractivity contribution in [3.8, 4) is 0 Å². The number of anilines is 2. The summed E-state index contributed by atoms with van der Waals surface area (Å²) < 4.78 is 28.4. The Labute approximate surface area is 192 Å². The van der Waals surface area contributed by atoms with Crippen molar-refractivity contribution < 1.29 is 18.1 Å². The molecule has 0 radical (unpaired) electrons. The average molecular weight is 466 g/mol. The van der Waals surface area contributed by atoms with E-state index in [1.54, 1.807) is 19.1 Å². The summed E-state index contributed by atoms with van der Waals surface area (Å²) in [6.45, 7) is 5.50. The molecule has 0 unspecified atom stereocenters. The van der Waals surface area contributed by atoms with Gasteiger partial charge >= 0.3 is 0 Å². The first-order valence-electron chi connectivity index (χ1n) is 9.99. The number of carbonyl (C=O) groups excluding carboxylic acids is 1. The number of hydrogen-bond donors (Lipinski definition) is 2. The molecule has 0 atom stereocenters. The smallest absolute Gasteiger partial charge is 0.269 e. The molecular formula is C24H23N3O5S. The predicted molar refractivity (Wildman–Crippen MR) is 129 cm³/mol. The van der Waals surface area contributed by atoms with Crippen molar-refractivity contribution in [1.29, 1.82) is 0 Å². The molecular weight excluding hydrogens is 442 g/mol. The lowest BCUT2D eigenvalue weighted by molar-refractivity contribution is -0.384. The third-order valence-corrected chi connectivity index (χ3v) is 6.30. The summed E-state index contributed by atoms with van der Waals surface area (Å²) in [5.74, 6) is -0.465. The monoisotopic (exact) mass is 465 g/mol. The molecule has 9 heteroatoms. The van der Waals surface area contributed by atoms with E-state index in [0.29, 0.717) is 22.5 Å². The van der Waals surface area contributed by atoms with E-state index < -0.39 is 20.9 Å². The number of amides is 1. The number of hydrogen-bond acceptors (Lipinski definition) is 5. The van der Waals surface area contributed by atoms with Crippen LogP contribution in [0.1, 0.15) is 22.3 Å². The Morgan fingerprint density at radius 3 is 2.24 bits per heavy atom. The Morgan fingerprint density at radius 1 is 0.909 bits per heavy atom. The van der Waals surface area contributed by atoms with Gasteiger partial charge in [-0.15, -0.1) is 0 Å².